The lowest BCUT2D eigenvalue weighted by molar-refractivity contribution is -0.158. The molecule has 0 fully saturated rings. The van der Waals surface area contributed by atoms with Crippen LogP contribution in [0.5, 0.6) is 0 Å². The fraction of sp³-hybridized carbons (Fsp3) is 0.735. The molecule has 1 aromatic rings. The van der Waals surface area contributed by atoms with Crippen LogP contribution in [0, 0.1) is 35.5 Å². The van der Waals surface area contributed by atoms with Crippen molar-refractivity contribution < 1.29 is 33.6 Å². The maximum atomic E-state index is 14.9. The van der Waals surface area contributed by atoms with Crippen LogP contribution in [-0.4, -0.2) is 164 Å². The summed E-state index contributed by atoms with van der Waals surface area (Å²) >= 11 is 0. The minimum atomic E-state index is -1.05. The third-order valence-corrected chi connectivity index (χ3v) is 12.4. The predicted octanol–water partition coefficient (Wildman–Crippen LogP) is 3.23. The number of hydrogen-bond acceptors (Lipinski definition) is 9. The van der Waals surface area contributed by atoms with Gasteiger partial charge < -0.3 is 46.2 Å². The Balaban J connectivity index is 3.64. The summed E-state index contributed by atoms with van der Waals surface area (Å²) in [7, 11) is 9.45. The van der Waals surface area contributed by atoms with E-state index in [-0.39, 0.29) is 41.9 Å². The Labute approximate surface area is 391 Å². The van der Waals surface area contributed by atoms with Crippen molar-refractivity contribution in [2.45, 2.75) is 145 Å². The molecule has 16 nitrogen and oxygen atoms in total. The van der Waals surface area contributed by atoms with Crippen molar-refractivity contribution >= 4 is 41.4 Å². The molecule has 0 radical (unpaired) electrons. The van der Waals surface area contributed by atoms with E-state index >= 15 is 0 Å². The van der Waals surface area contributed by atoms with Crippen molar-refractivity contribution in [1.29, 1.82) is 0 Å². The Morgan fingerprint density at radius 1 is 0.492 bits per heavy atom. The van der Waals surface area contributed by atoms with Gasteiger partial charge in [0.1, 0.15) is 36.3 Å². The van der Waals surface area contributed by atoms with Gasteiger partial charge in [0.05, 0.1) is 6.04 Å². The van der Waals surface area contributed by atoms with Crippen LogP contribution < -0.4 is 21.7 Å². The molecule has 1 rings (SSSR count). The minimum Gasteiger partial charge on any atom is -0.354 e. The van der Waals surface area contributed by atoms with Crippen molar-refractivity contribution in [1.82, 2.24) is 40.4 Å². The molecule has 0 spiro atoms. The predicted molar refractivity (Wildman–Crippen MR) is 258 cm³/mol. The first kappa shape index (κ1) is 58.4. The van der Waals surface area contributed by atoms with Gasteiger partial charge in [0.25, 0.3) is 0 Å². The number of hydrogen-bond donors (Lipinski definition) is 4. The number of nitrogens with one attached hydrogen (secondary N) is 3. The highest BCUT2D eigenvalue weighted by atomic mass is 16.2. The number of likely N-dealkylation sites (N-methyl/N-ethyl adjacent to an activating group) is 6. The Bertz CT molecular complexity index is 1700. The molecule has 0 aromatic heterocycles. The zero-order valence-electron chi connectivity index (χ0n) is 43.1. The lowest BCUT2D eigenvalue weighted by atomic mass is 9.93. The molecule has 0 saturated heterocycles. The van der Waals surface area contributed by atoms with E-state index in [1.165, 1.54) is 38.6 Å². The third-order valence-electron chi connectivity index (χ3n) is 12.4. The lowest BCUT2D eigenvalue weighted by Crippen LogP contribution is -2.63. The number of carbonyl (C=O) groups is 7. The molecule has 0 unspecified atom stereocenters. The molecule has 370 valence electrons. The average Bonchev–Trinajstić information content (AvgIpc) is 3.22. The fourth-order valence-electron chi connectivity index (χ4n) is 8.74. The summed E-state index contributed by atoms with van der Waals surface area (Å²) in [5.74, 6) is -4.70. The highest BCUT2D eigenvalue weighted by molar-refractivity contribution is 5.97. The Hall–Kier alpha value is -4.57. The summed E-state index contributed by atoms with van der Waals surface area (Å²) in [6.45, 7) is 23.1. The van der Waals surface area contributed by atoms with Crippen LogP contribution in [0.2, 0.25) is 0 Å². The van der Waals surface area contributed by atoms with Gasteiger partial charge in [0.2, 0.25) is 41.4 Å². The van der Waals surface area contributed by atoms with Crippen molar-refractivity contribution in [3.63, 3.8) is 0 Å². The first-order valence-electron chi connectivity index (χ1n) is 23.5. The SMILES string of the molecule is CN[C@H](C(=O)N[C@H](C(=O)N(C)[C@H](C(=O)N(C)[C@H](C(=O)N(C)[C@H](C(=O)N(C)[C@@H](Cc1ccccc1)C(=O)N(C)[C@H](C(=O)NCCCCN)C(C)C)C(C)C)C(C)C)C(C)C)C(C)C)C(C)C. The largest absolute Gasteiger partial charge is 0.354 e. The van der Waals surface area contributed by atoms with E-state index in [2.05, 4.69) is 16.0 Å². The molecule has 0 saturated carbocycles. The van der Waals surface area contributed by atoms with Crippen LogP contribution in [0.4, 0.5) is 0 Å². The number of nitrogens with zero attached hydrogens (tertiary/aromatic N) is 5. The van der Waals surface area contributed by atoms with Gasteiger partial charge in [-0.1, -0.05) is 113 Å². The molecule has 0 heterocycles. The zero-order chi connectivity index (χ0) is 50.2. The van der Waals surface area contributed by atoms with E-state index in [9.17, 15) is 33.6 Å². The second kappa shape index (κ2) is 27.2. The van der Waals surface area contributed by atoms with E-state index in [0.717, 1.165) is 12.0 Å². The van der Waals surface area contributed by atoms with E-state index in [1.807, 2.05) is 113 Å². The summed E-state index contributed by atoms with van der Waals surface area (Å²) < 4.78 is 0. The Morgan fingerprint density at radius 3 is 1.28 bits per heavy atom. The van der Waals surface area contributed by atoms with Crippen LogP contribution >= 0.6 is 0 Å². The minimum absolute atomic E-state index is 0.0345. The molecule has 7 atom stereocenters. The molecule has 0 aliphatic rings. The standard InChI is InChI=1S/C49H87N9O7/c1-29(2)37(51-13)43(59)53-38(30(3)4)46(62)56(16)41(33(9)10)48(64)58(18)42(34(11)12)49(65)57(17)40(32(7)8)47(63)54(14)36(28-35-24-20-19-21-25-35)45(61)55(15)39(31(5)6)44(60)52-27-23-22-26-50/h19-21,24-25,29-34,36-42,51H,22-23,26-28,50H2,1-18H3,(H,52,60)(H,53,59)/t36-,37-,38-,39-,40-,41-,42-/m0/s1. The van der Waals surface area contributed by atoms with Crippen molar-refractivity contribution in [3.8, 4) is 0 Å². The van der Waals surface area contributed by atoms with Crippen molar-refractivity contribution in [2.24, 2.45) is 41.2 Å². The molecular formula is C49H87N9O7. The van der Waals surface area contributed by atoms with Gasteiger partial charge in [-0.15, -0.1) is 0 Å². The zero-order valence-corrected chi connectivity index (χ0v) is 43.1. The van der Waals surface area contributed by atoms with Gasteiger partial charge in [0, 0.05) is 48.2 Å². The molecule has 7 amide bonds. The molecule has 0 aliphatic carbocycles. The number of nitrogens with two attached hydrogens (primary N) is 1. The molecule has 5 N–H and O–H groups in total. The van der Waals surface area contributed by atoms with Crippen molar-refractivity contribution in [2.75, 3.05) is 55.4 Å². The van der Waals surface area contributed by atoms with Crippen molar-refractivity contribution in [3.05, 3.63) is 35.9 Å². The molecule has 0 bridgehead atoms. The number of rotatable bonds is 26. The third kappa shape index (κ3) is 15.8. The highest BCUT2D eigenvalue weighted by Crippen LogP contribution is 2.25. The Morgan fingerprint density at radius 2 is 0.892 bits per heavy atom. The van der Waals surface area contributed by atoms with Crippen LogP contribution in [0.1, 0.15) is 101 Å². The van der Waals surface area contributed by atoms with Crippen LogP contribution in [0.25, 0.3) is 0 Å². The maximum Gasteiger partial charge on any atom is 0.246 e. The second-order valence-electron chi connectivity index (χ2n) is 19.7. The average molecular weight is 914 g/mol. The van der Waals surface area contributed by atoms with Gasteiger partial charge >= 0.3 is 0 Å². The van der Waals surface area contributed by atoms with Gasteiger partial charge in [-0.25, -0.2) is 0 Å². The van der Waals surface area contributed by atoms with Gasteiger partial charge in [-0.2, -0.15) is 0 Å². The van der Waals surface area contributed by atoms with E-state index < -0.39 is 83.7 Å². The summed E-state index contributed by atoms with van der Waals surface area (Å²) in [6.07, 6.45) is 1.61. The second-order valence-corrected chi connectivity index (χ2v) is 19.7. The lowest BCUT2D eigenvalue weighted by Gasteiger charge is -2.42. The fourth-order valence-corrected chi connectivity index (χ4v) is 8.74. The van der Waals surface area contributed by atoms with E-state index in [4.69, 9.17) is 5.73 Å². The molecule has 16 heteroatoms. The first-order valence-corrected chi connectivity index (χ1v) is 23.5. The summed E-state index contributed by atoms with van der Waals surface area (Å²) in [5, 5.41) is 8.87. The van der Waals surface area contributed by atoms with Crippen LogP contribution in [0.15, 0.2) is 30.3 Å². The number of carbonyl (C=O) groups excluding carboxylic acids is 7. The summed E-state index contributed by atoms with van der Waals surface area (Å²) in [5.41, 5.74) is 6.45. The van der Waals surface area contributed by atoms with Crippen LogP contribution in [0.3, 0.4) is 0 Å². The van der Waals surface area contributed by atoms with Gasteiger partial charge in [-0.3, -0.25) is 33.6 Å². The number of amides is 7. The van der Waals surface area contributed by atoms with E-state index in [0.29, 0.717) is 19.5 Å². The number of benzene rings is 1. The Kier molecular flexibility index (Phi) is 24.4. The van der Waals surface area contributed by atoms with Gasteiger partial charge in [-0.05, 0) is 67.5 Å². The molecule has 0 aliphatic heterocycles. The first-order chi connectivity index (χ1) is 30.2. The summed E-state index contributed by atoms with van der Waals surface area (Å²) in [6, 6.07) is 2.94. The number of unbranched alkanes of at least 4 members (excludes halogenated alkanes) is 1. The quantitative estimate of drug-likeness (QED) is 0.101. The van der Waals surface area contributed by atoms with E-state index in [1.54, 1.807) is 28.2 Å². The summed E-state index contributed by atoms with van der Waals surface area (Å²) in [4.78, 5) is 107. The molecule has 65 heavy (non-hydrogen) atoms. The topological polar surface area (TPSA) is 198 Å². The normalized spacial score (nSPS) is 15.0. The van der Waals surface area contributed by atoms with Gasteiger partial charge in [0.15, 0.2) is 0 Å². The van der Waals surface area contributed by atoms with Crippen LogP contribution in [-0.2, 0) is 40.0 Å². The monoisotopic (exact) mass is 914 g/mol. The molecule has 1 aromatic carbocycles. The molecular weight excluding hydrogens is 827 g/mol. The smallest absolute Gasteiger partial charge is 0.246 e. The highest BCUT2D eigenvalue weighted by Gasteiger charge is 2.45. The maximum absolute atomic E-state index is 14.9.